The van der Waals surface area contributed by atoms with Crippen LogP contribution in [0.5, 0.6) is 11.5 Å². The van der Waals surface area contributed by atoms with Gasteiger partial charge in [0.05, 0.1) is 38.7 Å². The van der Waals surface area contributed by atoms with Crippen LogP contribution in [0.1, 0.15) is 11.3 Å². The number of aromatic nitrogens is 1. The highest BCUT2D eigenvalue weighted by molar-refractivity contribution is 6.02. The molecule has 9 heteroatoms. The number of aryl methyl sites for hydroxylation is 1. The minimum absolute atomic E-state index is 0.162. The van der Waals surface area contributed by atoms with E-state index in [4.69, 9.17) is 18.7 Å². The Labute approximate surface area is 185 Å². The first-order valence-corrected chi connectivity index (χ1v) is 10.6. The number of ether oxygens (including phenoxy) is 3. The number of benzene rings is 1. The number of hydrogen-bond donors (Lipinski definition) is 1. The van der Waals surface area contributed by atoms with Crippen LogP contribution in [0.4, 0.5) is 5.82 Å². The molecule has 2 amide bonds. The molecule has 2 fully saturated rings. The maximum atomic E-state index is 13.2. The second-order valence-corrected chi connectivity index (χ2v) is 8.35. The largest absolute Gasteiger partial charge is 0.493 e. The molecule has 2 aromatic rings. The molecule has 0 aliphatic carbocycles. The third kappa shape index (κ3) is 3.15. The van der Waals surface area contributed by atoms with E-state index in [-0.39, 0.29) is 11.8 Å². The minimum atomic E-state index is -0.792. The van der Waals surface area contributed by atoms with Crippen molar-refractivity contribution in [3.05, 3.63) is 47.7 Å². The van der Waals surface area contributed by atoms with Gasteiger partial charge in [0.2, 0.25) is 11.8 Å². The normalized spacial score (nSPS) is 27.7. The Morgan fingerprint density at radius 1 is 1.28 bits per heavy atom. The van der Waals surface area contributed by atoms with E-state index in [1.807, 2.05) is 30.4 Å². The molecule has 168 valence electrons. The van der Waals surface area contributed by atoms with Crippen LogP contribution in [0.3, 0.4) is 0 Å². The number of nitrogens with zero attached hydrogens (tertiary/aromatic N) is 2. The molecule has 32 heavy (non-hydrogen) atoms. The molecule has 5 rings (SSSR count). The highest BCUT2D eigenvalue weighted by Gasteiger charge is 2.67. The third-order valence-electron chi connectivity index (χ3n) is 6.46. The van der Waals surface area contributed by atoms with Crippen LogP contribution in [0, 0.1) is 18.8 Å². The molecule has 1 N–H and O–H groups in total. The van der Waals surface area contributed by atoms with Gasteiger partial charge in [0.25, 0.3) is 0 Å². The van der Waals surface area contributed by atoms with Crippen molar-refractivity contribution in [3.63, 3.8) is 0 Å². The van der Waals surface area contributed by atoms with E-state index >= 15 is 0 Å². The van der Waals surface area contributed by atoms with Gasteiger partial charge in [-0.2, -0.15) is 0 Å². The summed E-state index contributed by atoms with van der Waals surface area (Å²) < 4.78 is 21.9. The van der Waals surface area contributed by atoms with E-state index < -0.39 is 23.5 Å². The first-order chi connectivity index (χ1) is 15.5. The quantitative estimate of drug-likeness (QED) is 0.655. The van der Waals surface area contributed by atoms with E-state index in [1.165, 1.54) is 0 Å². The summed E-state index contributed by atoms with van der Waals surface area (Å²) in [7, 11) is 3.18. The molecule has 1 aromatic heterocycles. The number of fused-ring (bicyclic) bond motifs is 1. The van der Waals surface area contributed by atoms with Crippen molar-refractivity contribution < 1.29 is 28.3 Å². The first kappa shape index (κ1) is 20.6. The average molecular weight is 439 g/mol. The summed E-state index contributed by atoms with van der Waals surface area (Å²) in [5.41, 5.74) is 0.216. The Balaban J connectivity index is 1.27. The number of methoxy groups -OCH3 is 2. The lowest BCUT2D eigenvalue weighted by Crippen LogP contribution is -2.44. The molecule has 3 aliphatic heterocycles. The van der Waals surface area contributed by atoms with Gasteiger partial charge in [-0.15, -0.1) is 0 Å². The summed E-state index contributed by atoms with van der Waals surface area (Å²) in [5, 5.41) is 6.95. The van der Waals surface area contributed by atoms with Crippen LogP contribution in [0.2, 0.25) is 0 Å². The van der Waals surface area contributed by atoms with Crippen LogP contribution < -0.4 is 19.7 Å². The number of hydrogen-bond acceptors (Lipinski definition) is 7. The van der Waals surface area contributed by atoms with Gasteiger partial charge < -0.3 is 24.1 Å². The molecule has 1 aromatic carbocycles. The monoisotopic (exact) mass is 439 g/mol. The number of carbonyl (C=O) groups is 2. The van der Waals surface area contributed by atoms with E-state index in [0.717, 1.165) is 5.56 Å². The molecule has 2 saturated heterocycles. The van der Waals surface area contributed by atoms with E-state index in [0.29, 0.717) is 42.6 Å². The van der Waals surface area contributed by atoms with Gasteiger partial charge in [-0.3, -0.25) is 14.5 Å². The average Bonchev–Trinajstić information content (AvgIpc) is 3.54. The minimum Gasteiger partial charge on any atom is -0.493 e. The lowest BCUT2D eigenvalue weighted by molar-refractivity contribution is -0.131. The Morgan fingerprint density at radius 3 is 2.81 bits per heavy atom. The molecule has 1 spiro atoms. The SMILES string of the molecule is COc1ccc(CCNC(=O)[C@H]2[C@H]3C(=O)N(c4cc(C)on4)C[C@]34C=C[C@H]2O4)cc1OC. The number of nitrogens with one attached hydrogen (secondary N) is 1. The summed E-state index contributed by atoms with van der Waals surface area (Å²) in [4.78, 5) is 27.9. The van der Waals surface area contributed by atoms with Gasteiger partial charge in [0.1, 0.15) is 11.4 Å². The fraction of sp³-hybridized carbons (Fsp3) is 0.435. The molecule has 2 bridgehead atoms. The van der Waals surface area contributed by atoms with Crippen LogP contribution in [0.15, 0.2) is 40.9 Å². The van der Waals surface area contributed by atoms with Gasteiger partial charge in [-0.05, 0) is 31.0 Å². The van der Waals surface area contributed by atoms with E-state index in [1.54, 1.807) is 32.1 Å². The highest BCUT2D eigenvalue weighted by atomic mass is 16.5. The predicted octanol–water partition coefficient (Wildman–Crippen LogP) is 1.65. The first-order valence-electron chi connectivity index (χ1n) is 10.6. The Kier molecular flexibility index (Phi) is 4.93. The zero-order valence-corrected chi connectivity index (χ0v) is 18.2. The number of carbonyl (C=O) groups excluding carboxylic acids is 2. The number of rotatable bonds is 7. The molecule has 0 radical (unpaired) electrons. The number of anilines is 1. The fourth-order valence-corrected chi connectivity index (χ4v) is 4.96. The molecule has 4 atom stereocenters. The zero-order valence-electron chi connectivity index (χ0n) is 18.2. The molecular weight excluding hydrogens is 414 g/mol. The summed E-state index contributed by atoms with van der Waals surface area (Å²) in [6.45, 7) is 2.53. The second-order valence-electron chi connectivity index (χ2n) is 8.35. The van der Waals surface area contributed by atoms with Crippen molar-refractivity contribution in [3.8, 4) is 11.5 Å². The highest BCUT2D eigenvalue weighted by Crippen LogP contribution is 2.52. The van der Waals surface area contributed by atoms with Crippen LogP contribution in [-0.4, -0.2) is 56.0 Å². The Morgan fingerprint density at radius 2 is 2.09 bits per heavy atom. The third-order valence-corrected chi connectivity index (χ3v) is 6.46. The van der Waals surface area contributed by atoms with Crippen LogP contribution >= 0.6 is 0 Å². The maximum absolute atomic E-state index is 13.2. The van der Waals surface area contributed by atoms with Crippen molar-refractivity contribution in [2.45, 2.75) is 25.0 Å². The van der Waals surface area contributed by atoms with Crippen molar-refractivity contribution in [2.75, 3.05) is 32.2 Å². The molecule has 0 saturated carbocycles. The van der Waals surface area contributed by atoms with Crippen LogP contribution in [0.25, 0.3) is 0 Å². The molecule has 9 nitrogen and oxygen atoms in total. The molecule has 0 unspecified atom stereocenters. The topological polar surface area (TPSA) is 103 Å². The predicted molar refractivity (Wildman–Crippen MR) is 114 cm³/mol. The van der Waals surface area contributed by atoms with Gasteiger partial charge in [0.15, 0.2) is 17.3 Å². The van der Waals surface area contributed by atoms with Crippen molar-refractivity contribution in [1.29, 1.82) is 0 Å². The van der Waals surface area contributed by atoms with Crippen LogP contribution in [-0.2, 0) is 20.7 Å². The zero-order chi connectivity index (χ0) is 22.5. The lowest BCUT2D eigenvalue weighted by Gasteiger charge is -2.23. The van der Waals surface area contributed by atoms with E-state index in [9.17, 15) is 9.59 Å². The van der Waals surface area contributed by atoms with Gasteiger partial charge >= 0.3 is 0 Å². The Hall–Kier alpha value is -3.33. The summed E-state index contributed by atoms with van der Waals surface area (Å²) >= 11 is 0. The lowest BCUT2D eigenvalue weighted by atomic mass is 9.77. The maximum Gasteiger partial charge on any atom is 0.235 e. The molecule has 4 heterocycles. The standard InChI is InChI=1S/C23H25N3O6/c1-13-10-18(25-32-13)26-12-23-8-6-16(31-23)19(20(23)22(26)28)21(27)24-9-7-14-4-5-15(29-2)17(11-14)30-3/h4-6,8,10-11,16,19-20H,7,9,12H2,1-3H3,(H,24,27)/t16-,19-,20+,23-/m1/s1. The number of amides is 2. The summed E-state index contributed by atoms with van der Waals surface area (Å²) in [6, 6.07) is 7.38. The molecular formula is C23H25N3O6. The summed E-state index contributed by atoms with van der Waals surface area (Å²) in [5.74, 6) is 0.875. The van der Waals surface area contributed by atoms with Gasteiger partial charge in [-0.1, -0.05) is 23.4 Å². The van der Waals surface area contributed by atoms with Crippen molar-refractivity contribution in [2.24, 2.45) is 11.8 Å². The van der Waals surface area contributed by atoms with Gasteiger partial charge in [-0.25, -0.2) is 0 Å². The smallest absolute Gasteiger partial charge is 0.235 e. The Bertz CT molecular complexity index is 1100. The fourth-order valence-electron chi connectivity index (χ4n) is 4.96. The van der Waals surface area contributed by atoms with E-state index in [2.05, 4.69) is 10.5 Å². The van der Waals surface area contributed by atoms with Gasteiger partial charge in [0, 0.05) is 12.6 Å². The summed E-state index contributed by atoms with van der Waals surface area (Å²) in [6.07, 6.45) is 4.03. The van der Waals surface area contributed by atoms with Crippen molar-refractivity contribution >= 4 is 17.6 Å². The second kappa shape index (κ2) is 7.67. The molecule has 3 aliphatic rings. The van der Waals surface area contributed by atoms with Crippen molar-refractivity contribution in [1.82, 2.24) is 10.5 Å².